The Labute approximate surface area is 99.1 Å². The van der Waals surface area contributed by atoms with E-state index in [9.17, 15) is 0 Å². The van der Waals surface area contributed by atoms with E-state index < -0.39 is 0 Å². The molecule has 17 heavy (non-hydrogen) atoms. The minimum atomic E-state index is -0.0470. The SMILES string of the molecule is CC1Cn2nc(CO)cc2CN1C/C(N)=N/O. The number of hydrogen-bond donors (Lipinski definition) is 3. The van der Waals surface area contributed by atoms with Crippen LogP contribution < -0.4 is 5.73 Å². The predicted octanol–water partition coefficient (Wildman–Crippen LogP) is -0.674. The highest BCUT2D eigenvalue weighted by Gasteiger charge is 2.24. The molecule has 0 amide bonds. The summed E-state index contributed by atoms with van der Waals surface area (Å²) in [5.41, 5.74) is 7.23. The van der Waals surface area contributed by atoms with Crippen LogP contribution in [0.2, 0.25) is 0 Å². The lowest BCUT2D eigenvalue weighted by Crippen LogP contribution is -2.45. The van der Waals surface area contributed by atoms with Gasteiger partial charge in [-0.15, -0.1) is 0 Å². The highest BCUT2D eigenvalue weighted by atomic mass is 16.4. The molecule has 1 aromatic rings. The van der Waals surface area contributed by atoms with Crippen molar-refractivity contribution in [3.63, 3.8) is 0 Å². The van der Waals surface area contributed by atoms with Gasteiger partial charge < -0.3 is 16.0 Å². The first kappa shape index (κ1) is 11.9. The van der Waals surface area contributed by atoms with Gasteiger partial charge in [-0.3, -0.25) is 9.58 Å². The van der Waals surface area contributed by atoms with Crippen LogP contribution in [-0.2, 0) is 19.7 Å². The van der Waals surface area contributed by atoms with Crippen molar-refractivity contribution in [3.05, 3.63) is 17.5 Å². The van der Waals surface area contributed by atoms with Crippen LogP contribution in [0.4, 0.5) is 0 Å². The number of aliphatic hydroxyl groups excluding tert-OH is 1. The van der Waals surface area contributed by atoms with Gasteiger partial charge in [0.05, 0.1) is 31.1 Å². The number of aliphatic hydroxyl groups is 1. The van der Waals surface area contributed by atoms with Crippen LogP contribution in [0, 0.1) is 0 Å². The average Bonchev–Trinajstić information content (AvgIpc) is 2.71. The van der Waals surface area contributed by atoms with Gasteiger partial charge in [0.25, 0.3) is 0 Å². The third-order valence-corrected chi connectivity index (χ3v) is 3.00. The maximum atomic E-state index is 9.04. The molecule has 0 fully saturated rings. The summed E-state index contributed by atoms with van der Waals surface area (Å²) < 4.78 is 1.90. The molecule has 1 aromatic heterocycles. The smallest absolute Gasteiger partial charge is 0.153 e. The highest BCUT2D eigenvalue weighted by molar-refractivity contribution is 5.81. The minimum Gasteiger partial charge on any atom is -0.409 e. The number of amidine groups is 1. The van der Waals surface area contributed by atoms with Crippen molar-refractivity contribution in [2.24, 2.45) is 10.9 Å². The number of fused-ring (bicyclic) bond motifs is 1. The van der Waals surface area contributed by atoms with Crippen LogP contribution in [0.25, 0.3) is 0 Å². The molecule has 2 heterocycles. The molecule has 1 atom stereocenters. The van der Waals surface area contributed by atoms with Crippen LogP contribution in [0.5, 0.6) is 0 Å². The van der Waals surface area contributed by atoms with Crippen LogP contribution in [0.1, 0.15) is 18.3 Å². The first-order valence-corrected chi connectivity index (χ1v) is 5.51. The molecule has 94 valence electrons. The topological polar surface area (TPSA) is 99.9 Å². The zero-order chi connectivity index (χ0) is 12.4. The van der Waals surface area contributed by atoms with Crippen molar-refractivity contribution < 1.29 is 10.3 Å². The molecule has 0 aliphatic carbocycles. The molecule has 4 N–H and O–H groups in total. The van der Waals surface area contributed by atoms with Crippen molar-refractivity contribution in [2.45, 2.75) is 32.7 Å². The molecule has 0 saturated heterocycles. The normalized spacial score (nSPS) is 21.5. The van der Waals surface area contributed by atoms with Gasteiger partial charge in [-0.1, -0.05) is 5.16 Å². The maximum Gasteiger partial charge on any atom is 0.153 e. The van der Waals surface area contributed by atoms with Crippen LogP contribution in [-0.4, -0.2) is 43.4 Å². The molecule has 2 rings (SSSR count). The summed E-state index contributed by atoms with van der Waals surface area (Å²) in [5.74, 6) is 0.201. The molecular formula is C10H17N5O2. The van der Waals surface area contributed by atoms with Gasteiger partial charge >= 0.3 is 0 Å². The lowest BCUT2D eigenvalue weighted by molar-refractivity contribution is 0.165. The fraction of sp³-hybridized carbons (Fsp3) is 0.600. The number of nitrogens with two attached hydrogens (primary N) is 1. The second-order valence-corrected chi connectivity index (χ2v) is 4.31. The molecule has 0 radical (unpaired) electrons. The lowest BCUT2D eigenvalue weighted by atomic mass is 10.2. The second kappa shape index (κ2) is 4.72. The lowest BCUT2D eigenvalue weighted by Gasteiger charge is -2.33. The first-order valence-electron chi connectivity index (χ1n) is 5.51. The van der Waals surface area contributed by atoms with Crippen molar-refractivity contribution in [3.8, 4) is 0 Å². The molecule has 0 bridgehead atoms. The van der Waals surface area contributed by atoms with Crippen molar-refractivity contribution in [1.29, 1.82) is 0 Å². The van der Waals surface area contributed by atoms with Crippen LogP contribution in [0.15, 0.2) is 11.2 Å². The Morgan fingerprint density at radius 3 is 3.12 bits per heavy atom. The molecule has 7 nitrogen and oxygen atoms in total. The molecule has 1 aliphatic rings. The van der Waals surface area contributed by atoms with Gasteiger partial charge in [-0.25, -0.2) is 0 Å². The van der Waals surface area contributed by atoms with Crippen LogP contribution in [0.3, 0.4) is 0 Å². The Morgan fingerprint density at radius 1 is 1.71 bits per heavy atom. The molecule has 0 aromatic carbocycles. The summed E-state index contributed by atoms with van der Waals surface area (Å²) in [6.45, 7) is 3.87. The second-order valence-electron chi connectivity index (χ2n) is 4.31. The van der Waals surface area contributed by atoms with Gasteiger partial charge in [0, 0.05) is 12.6 Å². The largest absolute Gasteiger partial charge is 0.409 e. The Morgan fingerprint density at radius 2 is 2.47 bits per heavy atom. The van der Waals surface area contributed by atoms with E-state index in [1.165, 1.54) is 0 Å². The Hall–Kier alpha value is -1.60. The van der Waals surface area contributed by atoms with Gasteiger partial charge in [-0.05, 0) is 13.0 Å². The van der Waals surface area contributed by atoms with E-state index in [0.717, 1.165) is 12.2 Å². The third-order valence-electron chi connectivity index (χ3n) is 3.00. The number of hydrogen-bond acceptors (Lipinski definition) is 5. The van der Waals surface area contributed by atoms with Crippen molar-refractivity contribution in [2.75, 3.05) is 6.54 Å². The molecule has 1 unspecified atom stereocenters. The zero-order valence-electron chi connectivity index (χ0n) is 9.74. The summed E-state index contributed by atoms with van der Waals surface area (Å²) in [6.07, 6.45) is 0. The summed E-state index contributed by atoms with van der Waals surface area (Å²) in [7, 11) is 0. The number of aromatic nitrogens is 2. The molecular weight excluding hydrogens is 222 g/mol. The molecule has 0 spiro atoms. The fourth-order valence-corrected chi connectivity index (χ4v) is 2.06. The summed E-state index contributed by atoms with van der Waals surface area (Å²) >= 11 is 0. The van der Waals surface area contributed by atoms with Gasteiger partial charge in [0.1, 0.15) is 0 Å². The zero-order valence-corrected chi connectivity index (χ0v) is 9.74. The Balaban J connectivity index is 2.14. The molecule has 0 saturated carbocycles. The van der Waals surface area contributed by atoms with Gasteiger partial charge in [0.2, 0.25) is 0 Å². The minimum absolute atomic E-state index is 0.0470. The predicted molar refractivity (Wildman–Crippen MR) is 61.4 cm³/mol. The van der Waals surface area contributed by atoms with E-state index in [0.29, 0.717) is 18.8 Å². The quantitative estimate of drug-likeness (QED) is 0.281. The van der Waals surface area contributed by atoms with E-state index >= 15 is 0 Å². The number of rotatable bonds is 3. The third kappa shape index (κ3) is 2.40. The average molecular weight is 239 g/mol. The van der Waals surface area contributed by atoms with Crippen LogP contribution >= 0.6 is 0 Å². The summed E-state index contributed by atoms with van der Waals surface area (Å²) in [6, 6.07) is 2.14. The van der Waals surface area contributed by atoms with Gasteiger partial charge in [0.15, 0.2) is 5.84 Å². The number of nitrogens with zero attached hydrogens (tertiary/aromatic N) is 4. The highest BCUT2D eigenvalue weighted by Crippen LogP contribution is 2.17. The van der Waals surface area contributed by atoms with E-state index in [4.69, 9.17) is 16.0 Å². The monoisotopic (exact) mass is 239 g/mol. The molecule has 1 aliphatic heterocycles. The van der Waals surface area contributed by atoms with Crippen molar-refractivity contribution >= 4 is 5.84 Å². The Bertz CT molecular complexity index is 428. The van der Waals surface area contributed by atoms with E-state index in [1.807, 2.05) is 10.7 Å². The molecule has 7 heteroatoms. The first-order chi connectivity index (χ1) is 8.13. The summed E-state index contributed by atoms with van der Waals surface area (Å²) in [5, 5.41) is 24.9. The van der Waals surface area contributed by atoms with E-state index in [1.54, 1.807) is 0 Å². The number of oxime groups is 1. The van der Waals surface area contributed by atoms with Gasteiger partial charge in [-0.2, -0.15) is 5.10 Å². The Kier molecular flexibility index (Phi) is 3.30. The van der Waals surface area contributed by atoms with Crippen molar-refractivity contribution in [1.82, 2.24) is 14.7 Å². The summed E-state index contributed by atoms with van der Waals surface area (Å²) in [4.78, 5) is 2.10. The standard InChI is InChI=1S/C10H17N5O2/c1-7-3-15-9(2-8(6-16)12-15)4-14(7)5-10(11)13-17/h2,7,16-17H,3-6H2,1H3,(H2,11,13). The van der Waals surface area contributed by atoms with E-state index in [-0.39, 0.29) is 18.5 Å². The van der Waals surface area contributed by atoms with E-state index in [2.05, 4.69) is 22.1 Å². The maximum absolute atomic E-state index is 9.04. The fourth-order valence-electron chi connectivity index (χ4n) is 2.06.